The molecule has 3 aromatic rings. The van der Waals surface area contributed by atoms with Crippen LogP contribution in [0.2, 0.25) is 10.0 Å². The van der Waals surface area contributed by atoms with E-state index >= 15 is 0 Å². The van der Waals surface area contributed by atoms with Crippen LogP contribution in [0.4, 0.5) is 4.79 Å². The molecule has 0 spiro atoms. The Bertz CT molecular complexity index is 1160. The van der Waals surface area contributed by atoms with Crippen molar-refractivity contribution in [1.82, 2.24) is 25.2 Å². The fourth-order valence-electron chi connectivity index (χ4n) is 4.78. The van der Waals surface area contributed by atoms with Gasteiger partial charge in [0.25, 0.3) is 5.91 Å². The Morgan fingerprint density at radius 2 is 1.61 bits per heavy atom. The SMILES string of the molecule is O=C(OCc1cc(Cl)cc(Cl)c1)N1CCC2CN(C(=O)c3ccc4n[nH]nc4c3)C[C@H]2CC1. The zero-order chi connectivity index (χ0) is 22.9. The maximum Gasteiger partial charge on any atom is 0.410 e. The van der Waals surface area contributed by atoms with Gasteiger partial charge in [-0.15, -0.1) is 0 Å². The average Bonchev–Trinajstić information content (AvgIpc) is 3.38. The van der Waals surface area contributed by atoms with E-state index in [9.17, 15) is 9.59 Å². The van der Waals surface area contributed by atoms with Crippen LogP contribution in [0, 0.1) is 11.8 Å². The minimum atomic E-state index is -0.333. The summed E-state index contributed by atoms with van der Waals surface area (Å²) in [6, 6.07) is 10.5. The van der Waals surface area contributed by atoms with Crippen LogP contribution in [-0.2, 0) is 11.3 Å². The predicted molar refractivity (Wildman–Crippen MR) is 124 cm³/mol. The van der Waals surface area contributed by atoms with Gasteiger partial charge in [-0.2, -0.15) is 15.4 Å². The standard InChI is InChI=1S/C23H23Cl2N5O3/c24-18-7-14(8-19(25)10-18)13-33-23(32)29-5-3-16-11-30(12-17(16)4-6-29)22(31)15-1-2-20-21(9-15)27-28-26-20/h1-2,7-10,16-17H,3-6,11-13H2,(H,26,27,28)/t16-,17?/m1/s1. The van der Waals surface area contributed by atoms with Crippen LogP contribution in [0.3, 0.4) is 0 Å². The quantitative estimate of drug-likeness (QED) is 0.591. The summed E-state index contributed by atoms with van der Waals surface area (Å²) in [7, 11) is 0. The number of H-pyrrole nitrogens is 1. The zero-order valence-corrected chi connectivity index (χ0v) is 19.3. The molecule has 3 heterocycles. The Morgan fingerprint density at radius 1 is 0.939 bits per heavy atom. The minimum absolute atomic E-state index is 0.0180. The molecule has 0 bridgehead atoms. The summed E-state index contributed by atoms with van der Waals surface area (Å²) in [5, 5.41) is 11.7. The highest BCUT2D eigenvalue weighted by atomic mass is 35.5. The first-order valence-electron chi connectivity index (χ1n) is 10.9. The van der Waals surface area contributed by atoms with Gasteiger partial charge < -0.3 is 14.5 Å². The van der Waals surface area contributed by atoms with Crippen LogP contribution in [0.25, 0.3) is 11.0 Å². The summed E-state index contributed by atoms with van der Waals surface area (Å²) in [5.74, 6) is 0.757. The lowest BCUT2D eigenvalue weighted by Crippen LogP contribution is -2.34. The second-order valence-electron chi connectivity index (χ2n) is 8.65. The third-order valence-corrected chi connectivity index (χ3v) is 6.95. The Kier molecular flexibility index (Phi) is 6.12. The zero-order valence-electron chi connectivity index (χ0n) is 17.8. The Morgan fingerprint density at radius 3 is 2.30 bits per heavy atom. The van der Waals surface area contributed by atoms with E-state index in [4.69, 9.17) is 27.9 Å². The number of hydrogen-bond donors (Lipinski definition) is 1. The molecular weight excluding hydrogens is 465 g/mol. The van der Waals surface area contributed by atoms with Gasteiger partial charge in [0.1, 0.15) is 17.6 Å². The normalized spacial score (nSPS) is 20.5. The number of benzene rings is 2. The number of aromatic nitrogens is 3. The fraction of sp³-hybridized carbons (Fsp3) is 0.391. The topological polar surface area (TPSA) is 91.4 Å². The molecule has 1 N–H and O–H groups in total. The van der Waals surface area contributed by atoms with Crippen molar-refractivity contribution < 1.29 is 14.3 Å². The highest BCUT2D eigenvalue weighted by molar-refractivity contribution is 6.34. The first-order valence-corrected chi connectivity index (χ1v) is 11.7. The van der Waals surface area contributed by atoms with Gasteiger partial charge in [-0.25, -0.2) is 4.79 Å². The molecule has 0 saturated carbocycles. The summed E-state index contributed by atoms with van der Waals surface area (Å²) >= 11 is 12.0. The summed E-state index contributed by atoms with van der Waals surface area (Å²) < 4.78 is 5.49. The molecular formula is C23H23Cl2N5O3. The van der Waals surface area contributed by atoms with E-state index < -0.39 is 0 Å². The number of ether oxygens (including phenoxy) is 1. The lowest BCUT2D eigenvalue weighted by atomic mass is 9.92. The third kappa shape index (κ3) is 4.77. The van der Waals surface area contributed by atoms with E-state index in [0.717, 1.165) is 23.9 Å². The number of nitrogens with one attached hydrogen (secondary N) is 1. The van der Waals surface area contributed by atoms with Gasteiger partial charge in [0.15, 0.2) is 0 Å². The van der Waals surface area contributed by atoms with Crippen molar-refractivity contribution in [3.8, 4) is 0 Å². The number of amides is 2. The first-order chi connectivity index (χ1) is 16.0. The molecule has 2 saturated heterocycles. The van der Waals surface area contributed by atoms with E-state index in [2.05, 4.69) is 15.4 Å². The van der Waals surface area contributed by atoms with E-state index in [1.165, 1.54) is 0 Å². The summed E-state index contributed by atoms with van der Waals surface area (Å²) in [4.78, 5) is 29.3. The molecule has 0 aliphatic carbocycles. The molecule has 172 valence electrons. The molecule has 8 nitrogen and oxygen atoms in total. The monoisotopic (exact) mass is 487 g/mol. The van der Waals surface area contributed by atoms with Gasteiger partial charge in [-0.1, -0.05) is 23.2 Å². The lowest BCUT2D eigenvalue weighted by Gasteiger charge is -2.22. The van der Waals surface area contributed by atoms with Crippen molar-refractivity contribution in [2.45, 2.75) is 19.4 Å². The van der Waals surface area contributed by atoms with Crippen LogP contribution in [-0.4, -0.2) is 63.4 Å². The van der Waals surface area contributed by atoms with E-state index in [1.807, 2.05) is 4.90 Å². The van der Waals surface area contributed by atoms with Crippen molar-refractivity contribution in [2.75, 3.05) is 26.2 Å². The van der Waals surface area contributed by atoms with Crippen molar-refractivity contribution in [3.63, 3.8) is 0 Å². The minimum Gasteiger partial charge on any atom is -0.445 e. The predicted octanol–water partition coefficient (Wildman–Crippen LogP) is 4.39. The van der Waals surface area contributed by atoms with Gasteiger partial charge >= 0.3 is 6.09 Å². The molecule has 33 heavy (non-hydrogen) atoms. The second kappa shape index (κ2) is 9.19. The molecule has 2 aliphatic rings. The maximum atomic E-state index is 13.0. The molecule has 10 heteroatoms. The number of aromatic amines is 1. The van der Waals surface area contributed by atoms with Crippen molar-refractivity contribution in [2.24, 2.45) is 11.8 Å². The van der Waals surface area contributed by atoms with E-state index in [-0.39, 0.29) is 18.6 Å². The van der Waals surface area contributed by atoms with Gasteiger partial charge in [0.2, 0.25) is 0 Å². The first kappa shape index (κ1) is 22.0. The molecule has 1 aromatic heterocycles. The molecule has 5 rings (SSSR count). The second-order valence-corrected chi connectivity index (χ2v) is 9.53. The number of fused-ring (bicyclic) bond motifs is 2. The van der Waals surface area contributed by atoms with Gasteiger partial charge in [0, 0.05) is 41.8 Å². The number of carbonyl (C=O) groups excluding carboxylic acids is 2. The number of halogens is 2. The van der Waals surface area contributed by atoms with Gasteiger partial charge in [0.05, 0.1) is 0 Å². The highest BCUT2D eigenvalue weighted by Gasteiger charge is 2.38. The lowest BCUT2D eigenvalue weighted by molar-refractivity contribution is 0.0772. The van der Waals surface area contributed by atoms with Gasteiger partial charge in [-0.05, 0) is 66.6 Å². The van der Waals surface area contributed by atoms with Crippen LogP contribution in [0.15, 0.2) is 36.4 Å². The summed E-state index contributed by atoms with van der Waals surface area (Å²) in [6.45, 7) is 2.75. The molecule has 2 amide bonds. The number of rotatable bonds is 3. The van der Waals surface area contributed by atoms with Crippen LogP contribution >= 0.6 is 23.2 Å². The summed E-state index contributed by atoms with van der Waals surface area (Å²) in [5.41, 5.74) is 2.80. The Balaban J connectivity index is 1.16. The smallest absolute Gasteiger partial charge is 0.410 e. The van der Waals surface area contributed by atoms with Crippen LogP contribution in [0.1, 0.15) is 28.8 Å². The fourth-order valence-corrected chi connectivity index (χ4v) is 5.35. The number of nitrogens with zero attached hydrogens (tertiary/aromatic N) is 4. The highest BCUT2D eigenvalue weighted by Crippen LogP contribution is 2.33. The van der Waals surface area contributed by atoms with Crippen molar-refractivity contribution in [3.05, 3.63) is 57.6 Å². The maximum absolute atomic E-state index is 13.0. The molecule has 2 fully saturated rings. The average molecular weight is 488 g/mol. The number of hydrogen-bond acceptors (Lipinski definition) is 5. The van der Waals surface area contributed by atoms with E-state index in [1.54, 1.807) is 41.3 Å². The Hall–Kier alpha value is -2.84. The van der Waals surface area contributed by atoms with Crippen molar-refractivity contribution in [1.29, 1.82) is 0 Å². The van der Waals surface area contributed by atoms with Gasteiger partial charge in [-0.3, -0.25) is 4.79 Å². The molecule has 0 radical (unpaired) electrons. The molecule has 2 aliphatic heterocycles. The van der Waals surface area contributed by atoms with Crippen molar-refractivity contribution >= 4 is 46.2 Å². The van der Waals surface area contributed by atoms with E-state index in [0.29, 0.717) is 59.1 Å². The number of likely N-dealkylation sites (tertiary alicyclic amines) is 2. The third-order valence-electron chi connectivity index (χ3n) is 6.51. The molecule has 1 unspecified atom stereocenters. The largest absolute Gasteiger partial charge is 0.445 e. The molecule has 2 atom stereocenters. The van der Waals surface area contributed by atoms with Crippen LogP contribution in [0.5, 0.6) is 0 Å². The van der Waals surface area contributed by atoms with Crippen LogP contribution < -0.4 is 0 Å². The Labute approximate surface area is 200 Å². The molecule has 2 aromatic carbocycles. The summed E-state index contributed by atoms with van der Waals surface area (Å²) in [6.07, 6.45) is 1.35. The number of carbonyl (C=O) groups is 2.